The van der Waals surface area contributed by atoms with Gasteiger partial charge in [-0.2, -0.15) is 4.39 Å². The molecule has 2 saturated heterocycles. The molecule has 2 fully saturated rings. The number of aromatic nitrogens is 2. The second kappa shape index (κ2) is 8.42. The third kappa shape index (κ3) is 4.47. The van der Waals surface area contributed by atoms with Crippen LogP contribution in [0.3, 0.4) is 0 Å². The molecule has 6 heteroatoms. The van der Waals surface area contributed by atoms with E-state index in [0.29, 0.717) is 24.1 Å². The molecule has 0 bridgehead atoms. The van der Waals surface area contributed by atoms with Crippen molar-refractivity contribution in [2.45, 2.75) is 58.9 Å². The van der Waals surface area contributed by atoms with Gasteiger partial charge in [0.2, 0.25) is 5.82 Å². The van der Waals surface area contributed by atoms with Crippen molar-refractivity contribution in [1.82, 2.24) is 9.97 Å². The minimum atomic E-state index is -0.333. The fraction of sp³-hybridized carbons (Fsp3) is 0.652. The summed E-state index contributed by atoms with van der Waals surface area (Å²) in [7, 11) is 0. The standard InChI is InChI=1S/C23H33FN4O/c1-23(2,3)18-8-6-17(7-9-18)19-5-4-11-28(19)22-20(24)21(26-15-27-22)25-13-16-10-12-29-14-16/h6,8,15-16,19H,4-5,7,9-14H2,1-3H3,(H,25,26,27). The largest absolute Gasteiger partial charge is 0.381 e. The van der Waals surface area contributed by atoms with Gasteiger partial charge in [0.25, 0.3) is 0 Å². The number of nitrogens with one attached hydrogen (secondary N) is 1. The summed E-state index contributed by atoms with van der Waals surface area (Å²) in [6.07, 6.45) is 11.3. The van der Waals surface area contributed by atoms with Crippen LogP contribution < -0.4 is 10.2 Å². The number of halogens is 1. The zero-order valence-corrected chi connectivity index (χ0v) is 17.9. The van der Waals surface area contributed by atoms with E-state index in [2.05, 4.69) is 53.1 Å². The summed E-state index contributed by atoms with van der Waals surface area (Å²) in [6.45, 7) is 9.84. The number of anilines is 2. The first-order valence-electron chi connectivity index (χ1n) is 10.9. The Morgan fingerprint density at radius 2 is 2.07 bits per heavy atom. The topological polar surface area (TPSA) is 50.3 Å². The lowest BCUT2D eigenvalue weighted by atomic mass is 9.79. The van der Waals surface area contributed by atoms with Crippen molar-refractivity contribution in [1.29, 1.82) is 0 Å². The molecular formula is C23H33FN4O. The second-order valence-corrected chi connectivity index (χ2v) is 9.51. The quantitative estimate of drug-likeness (QED) is 0.775. The maximum absolute atomic E-state index is 15.3. The van der Waals surface area contributed by atoms with Crippen LogP contribution in [0.2, 0.25) is 0 Å². The van der Waals surface area contributed by atoms with Gasteiger partial charge in [0.15, 0.2) is 11.6 Å². The zero-order chi connectivity index (χ0) is 20.4. The van der Waals surface area contributed by atoms with Crippen molar-refractivity contribution in [3.63, 3.8) is 0 Å². The van der Waals surface area contributed by atoms with Crippen LogP contribution in [0.25, 0.3) is 0 Å². The molecule has 2 unspecified atom stereocenters. The fourth-order valence-corrected chi connectivity index (χ4v) is 4.63. The molecule has 0 saturated carbocycles. The van der Waals surface area contributed by atoms with E-state index >= 15 is 4.39 Å². The lowest BCUT2D eigenvalue weighted by Gasteiger charge is -2.32. The summed E-state index contributed by atoms with van der Waals surface area (Å²) in [5.74, 6) is 0.823. The van der Waals surface area contributed by atoms with Gasteiger partial charge in [-0.05, 0) is 43.1 Å². The SMILES string of the molecule is CC(C)(C)C1=CC=C(C2CCCN2c2ncnc(NCC3CCOC3)c2F)CC1. The van der Waals surface area contributed by atoms with Gasteiger partial charge in [0.1, 0.15) is 6.33 Å². The molecule has 0 aromatic carbocycles. The Morgan fingerprint density at radius 1 is 1.21 bits per heavy atom. The summed E-state index contributed by atoms with van der Waals surface area (Å²) in [6, 6.07) is 0.230. The Bertz CT molecular complexity index is 793. The molecule has 158 valence electrons. The molecule has 29 heavy (non-hydrogen) atoms. The van der Waals surface area contributed by atoms with E-state index in [9.17, 15) is 0 Å². The summed E-state index contributed by atoms with van der Waals surface area (Å²) < 4.78 is 20.7. The Balaban J connectivity index is 1.51. The second-order valence-electron chi connectivity index (χ2n) is 9.51. The lowest BCUT2D eigenvalue weighted by molar-refractivity contribution is 0.187. The highest BCUT2D eigenvalue weighted by Crippen LogP contribution is 2.38. The van der Waals surface area contributed by atoms with Crippen molar-refractivity contribution in [2.75, 3.05) is 36.5 Å². The van der Waals surface area contributed by atoms with Crippen LogP contribution >= 0.6 is 0 Å². The van der Waals surface area contributed by atoms with E-state index in [-0.39, 0.29) is 17.3 Å². The molecule has 1 aromatic rings. The molecule has 2 aliphatic heterocycles. The summed E-state index contributed by atoms with van der Waals surface area (Å²) >= 11 is 0. The number of hydrogen-bond acceptors (Lipinski definition) is 5. The highest BCUT2D eigenvalue weighted by molar-refractivity contribution is 5.54. The average molecular weight is 401 g/mol. The summed E-state index contributed by atoms with van der Waals surface area (Å²) in [5.41, 5.74) is 3.09. The molecule has 1 N–H and O–H groups in total. The smallest absolute Gasteiger partial charge is 0.207 e. The predicted molar refractivity (Wildman–Crippen MR) is 115 cm³/mol. The van der Waals surface area contributed by atoms with Crippen molar-refractivity contribution in [3.05, 3.63) is 35.4 Å². The first kappa shape index (κ1) is 20.3. The van der Waals surface area contributed by atoms with E-state index in [1.54, 1.807) is 0 Å². The Morgan fingerprint density at radius 3 is 2.76 bits per heavy atom. The van der Waals surface area contributed by atoms with Crippen LogP contribution in [0.4, 0.5) is 16.0 Å². The van der Waals surface area contributed by atoms with E-state index in [4.69, 9.17) is 4.74 Å². The molecule has 0 radical (unpaired) electrons. The molecule has 0 amide bonds. The van der Waals surface area contributed by atoms with Crippen LogP contribution in [0.15, 0.2) is 29.6 Å². The van der Waals surface area contributed by atoms with Gasteiger partial charge in [-0.25, -0.2) is 9.97 Å². The number of allylic oxidation sites excluding steroid dienone is 3. The van der Waals surface area contributed by atoms with Gasteiger partial charge in [0.05, 0.1) is 12.6 Å². The van der Waals surface area contributed by atoms with Crippen LogP contribution in [0.5, 0.6) is 0 Å². The van der Waals surface area contributed by atoms with Gasteiger partial charge < -0.3 is 15.0 Å². The highest BCUT2D eigenvalue weighted by Gasteiger charge is 2.32. The highest BCUT2D eigenvalue weighted by atomic mass is 19.1. The Kier molecular flexibility index (Phi) is 5.91. The zero-order valence-electron chi connectivity index (χ0n) is 17.9. The van der Waals surface area contributed by atoms with Crippen molar-refractivity contribution in [2.24, 2.45) is 11.3 Å². The minimum Gasteiger partial charge on any atom is -0.381 e. The molecule has 1 aromatic heterocycles. The molecule has 3 aliphatic rings. The van der Waals surface area contributed by atoms with Gasteiger partial charge >= 0.3 is 0 Å². The number of rotatable bonds is 5. The van der Waals surface area contributed by atoms with Gasteiger partial charge in [-0.1, -0.05) is 38.5 Å². The Labute approximate surface area is 173 Å². The molecule has 2 atom stereocenters. The monoisotopic (exact) mass is 400 g/mol. The summed E-state index contributed by atoms with van der Waals surface area (Å²) in [5, 5.41) is 3.18. The van der Waals surface area contributed by atoms with Crippen LogP contribution in [0.1, 0.15) is 52.9 Å². The molecular weight excluding hydrogens is 367 g/mol. The predicted octanol–water partition coefficient (Wildman–Crippen LogP) is 4.73. The Hall–Kier alpha value is -1.95. The minimum absolute atomic E-state index is 0.209. The van der Waals surface area contributed by atoms with Crippen molar-refractivity contribution >= 4 is 11.6 Å². The number of nitrogens with zero attached hydrogens (tertiary/aromatic N) is 3. The molecule has 0 spiro atoms. The number of ether oxygens (including phenoxy) is 1. The third-order valence-corrected chi connectivity index (χ3v) is 6.45. The third-order valence-electron chi connectivity index (χ3n) is 6.45. The van der Waals surface area contributed by atoms with E-state index in [0.717, 1.165) is 51.9 Å². The fourth-order valence-electron chi connectivity index (χ4n) is 4.63. The maximum Gasteiger partial charge on any atom is 0.207 e. The molecule has 1 aliphatic carbocycles. The first-order chi connectivity index (χ1) is 13.9. The van der Waals surface area contributed by atoms with Crippen molar-refractivity contribution < 1.29 is 9.13 Å². The average Bonchev–Trinajstić information content (AvgIpc) is 3.39. The molecule has 4 rings (SSSR count). The molecule has 3 heterocycles. The normalized spacial score (nSPS) is 25.2. The maximum atomic E-state index is 15.3. The van der Waals surface area contributed by atoms with Gasteiger partial charge in [-0.3, -0.25) is 0 Å². The molecule has 5 nitrogen and oxygen atoms in total. The first-order valence-corrected chi connectivity index (χ1v) is 10.9. The van der Waals surface area contributed by atoms with E-state index in [1.165, 1.54) is 17.5 Å². The van der Waals surface area contributed by atoms with Crippen LogP contribution in [-0.2, 0) is 4.74 Å². The summed E-state index contributed by atoms with van der Waals surface area (Å²) in [4.78, 5) is 10.6. The lowest BCUT2D eigenvalue weighted by Crippen LogP contribution is -2.33. The van der Waals surface area contributed by atoms with Crippen molar-refractivity contribution in [3.8, 4) is 0 Å². The van der Waals surface area contributed by atoms with Crippen LogP contribution in [-0.4, -0.2) is 42.3 Å². The number of hydrogen-bond donors (Lipinski definition) is 1. The van der Waals surface area contributed by atoms with Gasteiger partial charge in [-0.15, -0.1) is 0 Å². The van der Waals surface area contributed by atoms with E-state index < -0.39 is 0 Å². The van der Waals surface area contributed by atoms with Gasteiger partial charge in [0, 0.05) is 25.6 Å². The van der Waals surface area contributed by atoms with Crippen LogP contribution in [0, 0.1) is 17.2 Å². The van der Waals surface area contributed by atoms with E-state index in [1.807, 2.05) is 0 Å².